The molecule has 3 rings (SSSR count). The second-order valence-electron chi connectivity index (χ2n) is 5.88. The van der Waals surface area contributed by atoms with Crippen LogP contribution in [0.1, 0.15) is 5.56 Å². The topological polar surface area (TPSA) is 116 Å². The normalized spacial score (nSPS) is 11.9. The van der Waals surface area contributed by atoms with Gasteiger partial charge in [-0.15, -0.1) is 0 Å². The van der Waals surface area contributed by atoms with E-state index in [9.17, 15) is 31.7 Å². The van der Waals surface area contributed by atoms with Crippen LogP contribution in [-0.2, 0) is 16.2 Å². The lowest BCUT2D eigenvalue weighted by atomic mass is 10.1. The molecule has 158 valence electrons. The molecule has 1 heterocycles. The van der Waals surface area contributed by atoms with E-state index in [1.807, 2.05) is 0 Å². The lowest BCUT2D eigenvalue weighted by Gasteiger charge is -2.16. The number of aromatic nitrogens is 2. The minimum absolute atomic E-state index is 0.0274. The standard InChI is InChI=1S/C17H13F3N4O5S/c1-29-16-6-4-12(10-15(16)24(25)26)30(27,28)22-13-9-11(17(18,19)20)3-5-14(13)23-8-2-7-21-23/h2-10,22H,1H3. The molecule has 0 radical (unpaired) electrons. The van der Waals surface area contributed by atoms with Crippen molar-refractivity contribution in [1.82, 2.24) is 9.78 Å². The third-order valence-electron chi connectivity index (χ3n) is 3.98. The number of methoxy groups -OCH3 is 1. The average Bonchev–Trinajstić information content (AvgIpc) is 3.20. The van der Waals surface area contributed by atoms with E-state index in [4.69, 9.17) is 4.74 Å². The number of benzene rings is 2. The average molecular weight is 442 g/mol. The molecule has 0 aliphatic heterocycles. The molecule has 0 amide bonds. The van der Waals surface area contributed by atoms with Crippen molar-refractivity contribution >= 4 is 21.4 Å². The van der Waals surface area contributed by atoms with Crippen LogP contribution in [0.25, 0.3) is 5.69 Å². The predicted molar refractivity (Wildman–Crippen MR) is 99.0 cm³/mol. The number of nitro benzene ring substituents is 1. The highest BCUT2D eigenvalue weighted by molar-refractivity contribution is 7.92. The van der Waals surface area contributed by atoms with Crippen molar-refractivity contribution < 1.29 is 31.2 Å². The molecule has 0 unspecified atom stereocenters. The van der Waals surface area contributed by atoms with Crippen LogP contribution in [0.5, 0.6) is 5.75 Å². The second-order valence-corrected chi connectivity index (χ2v) is 7.56. The van der Waals surface area contributed by atoms with E-state index in [2.05, 4.69) is 9.82 Å². The minimum Gasteiger partial charge on any atom is -0.490 e. The van der Waals surface area contributed by atoms with E-state index in [-0.39, 0.29) is 11.4 Å². The maximum absolute atomic E-state index is 13.1. The van der Waals surface area contributed by atoms with Crippen molar-refractivity contribution in [3.8, 4) is 11.4 Å². The van der Waals surface area contributed by atoms with Gasteiger partial charge >= 0.3 is 11.9 Å². The Balaban J connectivity index is 2.10. The highest BCUT2D eigenvalue weighted by Crippen LogP contribution is 2.35. The molecule has 9 nitrogen and oxygen atoms in total. The number of nitrogens with one attached hydrogen (secondary N) is 1. The van der Waals surface area contributed by atoms with Crippen LogP contribution >= 0.6 is 0 Å². The summed E-state index contributed by atoms with van der Waals surface area (Å²) in [5.74, 6) is -0.171. The molecular formula is C17H13F3N4O5S. The lowest BCUT2D eigenvalue weighted by Crippen LogP contribution is -2.16. The van der Waals surface area contributed by atoms with Crippen LogP contribution in [0.2, 0.25) is 0 Å². The van der Waals surface area contributed by atoms with E-state index in [1.165, 1.54) is 30.3 Å². The van der Waals surface area contributed by atoms with Gasteiger partial charge in [-0.3, -0.25) is 14.8 Å². The number of sulfonamides is 1. The fourth-order valence-electron chi connectivity index (χ4n) is 2.59. The van der Waals surface area contributed by atoms with Gasteiger partial charge in [0.15, 0.2) is 5.75 Å². The van der Waals surface area contributed by atoms with Gasteiger partial charge in [0.05, 0.1) is 33.9 Å². The Morgan fingerprint density at radius 3 is 2.50 bits per heavy atom. The molecule has 1 N–H and O–H groups in total. The molecule has 0 aliphatic rings. The zero-order chi connectivity index (χ0) is 22.1. The molecule has 0 saturated heterocycles. The van der Waals surface area contributed by atoms with Crippen molar-refractivity contribution in [2.75, 3.05) is 11.8 Å². The first-order valence-corrected chi connectivity index (χ1v) is 9.58. The number of nitrogens with zero attached hydrogens (tertiary/aromatic N) is 3. The summed E-state index contributed by atoms with van der Waals surface area (Å²) >= 11 is 0. The van der Waals surface area contributed by atoms with Gasteiger partial charge in [0.1, 0.15) is 0 Å². The number of ether oxygens (including phenoxy) is 1. The van der Waals surface area contributed by atoms with Gasteiger partial charge < -0.3 is 4.74 Å². The number of rotatable bonds is 6. The third-order valence-corrected chi connectivity index (χ3v) is 5.34. The predicted octanol–water partition coefficient (Wildman–Crippen LogP) is 3.61. The zero-order valence-electron chi connectivity index (χ0n) is 15.1. The Labute approximate surface area is 167 Å². The van der Waals surface area contributed by atoms with Crippen molar-refractivity contribution in [3.05, 3.63) is 70.5 Å². The van der Waals surface area contributed by atoms with E-state index >= 15 is 0 Å². The monoisotopic (exact) mass is 442 g/mol. The number of hydrogen-bond donors (Lipinski definition) is 1. The van der Waals surface area contributed by atoms with E-state index < -0.39 is 43.0 Å². The molecule has 0 fully saturated rings. The second kappa shape index (κ2) is 7.67. The summed E-state index contributed by atoms with van der Waals surface area (Å²) in [6.45, 7) is 0. The fourth-order valence-corrected chi connectivity index (χ4v) is 3.67. The number of nitro groups is 1. The van der Waals surface area contributed by atoms with Crippen molar-refractivity contribution in [2.45, 2.75) is 11.1 Å². The molecule has 0 spiro atoms. The molecule has 0 atom stereocenters. The molecule has 13 heteroatoms. The Morgan fingerprint density at radius 2 is 1.93 bits per heavy atom. The number of halogens is 3. The largest absolute Gasteiger partial charge is 0.490 e. The highest BCUT2D eigenvalue weighted by Gasteiger charge is 2.32. The summed E-state index contributed by atoms with van der Waals surface area (Å²) in [4.78, 5) is 9.79. The summed E-state index contributed by atoms with van der Waals surface area (Å²) in [5.41, 5.74) is -2.08. The van der Waals surface area contributed by atoms with Gasteiger partial charge in [-0.2, -0.15) is 18.3 Å². The van der Waals surface area contributed by atoms with E-state index in [1.54, 1.807) is 0 Å². The number of hydrogen-bond acceptors (Lipinski definition) is 6. The maximum atomic E-state index is 13.1. The maximum Gasteiger partial charge on any atom is 0.416 e. The SMILES string of the molecule is COc1ccc(S(=O)(=O)Nc2cc(C(F)(F)F)ccc2-n2cccn2)cc1[N+](=O)[O-]. The number of alkyl halides is 3. The molecule has 2 aromatic carbocycles. The zero-order valence-corrected chi connectivity index (χ0v) is 15.9. The third kappa shape index (κ3) is 4.20. The highest BCUT2D eigenvalue weighted by atomic mass is 32.2. The summed E-state index contributed by atoms with van der Waals surface area (Å²) in [6, 6.07) is 6.83. The molecule has 1 aromatic heterocycles. The lowest BCUT2D eigenvalue weighted by molar-refractivity contribution is -0.386. The summed E-state index contributed by atoms with van der Waals surface area (Å²) in [5, 5.41) is 15.1. The first kappa shape index (κ1) is 21.1. The Bertz CT molecular complexity index is 1190. The molecule has 0 saturated carbocycles. The van der Waals surface area contributed by atoms with E-state index in [0.29, 0.717) is 6.07 Å². The van der Waals surface area contributed by atoms with Gasteiger partial charge in [0.25, 0.3) is 10.0 Å². The molecule has 3 aromatic rings. The van der Waals surface area contributed by atoms with Gasteiger partial charge in [-0.25, -0.2) is 13.1 Å². The minimum atomic E-state index is -4.72. The van der Waals surface area contributed by atoms with E-state index in [0.717, 1.165) is 30.3 Å². The van der Waals surface area contributed by atoms with Crippen LogP contribution in [0.4, 0.5) is 24.5 Å². The molecule has 0 bridgehead atoms. The first-order valence-electron chi connectivity index (χ1n) is 8.09. The Kier molecular flexibility index (Phi) is 5.39. The summed E-state index contributed by atoms with van der Waals surface area (Å²) in [7, 11) is -3.31. The van der Waals surface area contributed by atoms with Crippen LogP contribution < -0.4 is 9.46 Å². The summed E-state index contributed by atoms with van der Waals surface area (Å²) < 4.78 is 73.0. The summed E-state index contributed by atoms with van der Waals surface area (Å²) in [6.07, 6.45) is -1.94. The van der Waals surface area contributed by atoms with Gasteiger partial charge in [0, 0.05) is 18.5 Å². The quantitative estimate of drug-likeness (QED) is 0.461. The van der Waals surface area contributed by atoms with Crippen LogP contribution in [0.3, 0.4) is 0 Å². The Morgan fingerprint density at radius 1 is 1.20 bits per heavy atom. The van der Waals surface area contributed by atoms with Crippen LogP contribution in [0.15, 0.2) is 59.8 Å². The smallest absolute Gasteiger partial charge is 0.416 e. The van der Waals surface area contributed by atoms with Crippen molar-refractivity contribution in [1.29, 1.82) is 0 Å². The Hall–Kier alpha value is -3.61. The molecular weight excluding hydrogens is 429 g/mol. The first-order chi connectivity index (χ1) is 14.0. The van der Waals surface area contributed by atoms with Gasteiger partial charge in [-0.05, 0) is 36.4 Å². The van der Waals surface area contributed by atoms with Crippen LogP contribution in [-0.4, -0.2) is 30.2 Å². The number of anilines is 1. The van der Waals surface area contributed by atoms with Crippen molar-refractivity contribution in [3.63, 3.8) is 0 Å². The fraction of sp³-hybridized carbons (Fsp3) is 0.118. The molecule has 30 heavy (non-hydrogen) atoms. The van der Waals surface area contributed by atoms with Crippen LogP contribution in [0, 0.1) is 10.1 Å². The van der Waals surface area contributed by atoms with Crippen molar-refractivity contribution in [2.24, 2.45) is 0 Å². The molecule has 0 aliphatic carbocycles. The van der Waals surface area contributed by atoms with Gasteiger partial charge in [0.2, 0.25) is 0 Å². The van der Waals surface area contributed by atoms with Gasteiger partial charge in [-0.1, -0.05) is 0 Å².